The van der Waals surface area contributed by atoms with E-state index in [1.54, 1.807) is 19.1 Å². The Morgan fingerprint density at radius 1 is 1.38 bits per heavy atom. The molecule has 1 aliphatic rings. The number of hydrogen-bond donors (Lipinski definition) is 1. The summed E-state index contributed by atoms with van der Waals surface area (Å²) in [6, 6.07) is 7.21. The Morgan fingerprint density at radius 2 is 2.08 bits per heavy atom. The molecule has 3 heteroatoms. The first kappa shape index (κ1) is 8.13. The Morgan fingerprint density at radius 3 is 2.77 bits per heavy atom. The molecule has 0 aliphatic carbocycles. The Balaban J connectivity index is 2.84. The lowest BCUT2D eigenvalue weighted by molar-refractivity contribution is -0.113. The molecule has 1 amide bonds. The Hall–Kier alpha value is -1.48. The van der Waals surface area contributed by atoms with Crippen LogP contribution in [0.15, 0.2) is 29.3 Å². The maximum atomic E-state index is 11.3. The number of aliphatic hydroxyl groups excluding tert-OH is 1. The van der Waals surface area contributed by atoms with Crippen LogP contribution in [0.3, 0.4) is 0 Å². The maximum absolute atomic E-state index is 11.3. The fourth-order valence-corrected chi connectivity index (χ4v) is 1.49. The number of amides is 1. The van der Waals surface area contributed by atoms with E-state index in [1.165, 1.54) is 0 Å². The number of hydrogen-bond acceptors (Lipinski definition) is 2. The van der Waals surface area contributed by atoms with Crippen LogP contribution in [0.25, 0.3) is 5.57 Å². The minimum atomic E-state index is -0.750. The predicted molar refractivity (Wildman–Crippen MR) is 47.3 cm³/mol. The smallest absolute Gasteiger partial charge is 0.276 e. The van der Waals surface area contributed by atoms with Crippen molar-refractivity contribution in [3.8, 4) is 0 Å². The quantitative estimate of drug-likeness (QED) is 0.618. The van der Waals surface area contributed by atoms with Gasteiger partial charge in [-0.3, -0.25) is 4.79 Å². The minimum absolute atomic E-state index is 0.323. The molecule has 66 valence electrons. The molecule has 0 saturated carbocycles. The lowest BCUT2D eigenvalue weighted by Crippen LogP contribution is -2.25. The Labute approximate surface area is 75.0 Å². The average molecular weight is 175 g/mol. The van der Waals surface area contributed by atoms with E-state index in [2.05, 4.69) is 4.99 Å². The molecule has 1 N–H and O–H groups in total. The summed E-state index contributed by atoms with van der Waals surface area (Å²) >= 11 is 0. The van der Waals surface area contributed by atoms with Crippen LogP contribution in [0.5, 0.6) is 0 Å². The van der Waals surface area contributed by atoms with Gasteiger partial charge in [0.25, 0.3) is 5.91 Å². The number of para-hydroxylation sites is 1. The normalized spacial score (nSPS) is 16.8. The topological polar surface area (TPSA) is 49.7 Å². The summed E-state index contributed by atoms with van der Waals surface area (Å²) in [5, 5.41) is 10.8. The zero-order valence-corrected chi connectivity index (χ0v) is 7.19. The number of nitrogens with zero attached hydrogens (tertiary/aromatic N) is 1. The zero-order valence-electron chi connectivity index (χ0n) is 7.19. The van der Waals surface area contributed by atoms with E-state index in [9.17, 15) is 9.90 Å². The van der Waals surface area contributed by atoms with Crippen LogP contribution < -0.4 is 10.6 Å². The van der Waals surface area contributed by atoms with E-state index < -0.39 is 6.10 Å². The SMILES string of the molecule is CC(O)C1=c2ccccc2=NC1=O. The van der Waals surface area contributed by atoms with Crippen molar-refractivity contribution in [2.24, 2.45) is 4.99 Å². The fourth-order valence-electron chi connectivity index (χ4n) is 1.49. The van der Waals surface area contributed by atoms with E-state index >= 15 is 0 Å². The standard InChI is InChI=1S/C10H9NO2/c1-6(12)9-7-4-2-3-5-8(7)11-10(9)13/h2-6,12H,1H3. The van der Waals surface area contributed by atoms with Gasteiger partial charge in [0.05, 0.1) is 17.0 Å². The fraction of sp³-hybridized carbons (Fsp3) is 0.200. The number of benzene rings is 1. The summed E-state index contributed by atoms with van der Waals surface area (Å²) in [5.41, 5.74) is 0.399. The zero-order chi connectivity index (χ0) is 9.42. The lowest BCUT2D eigenvalue weighted by atomic mass is 10.1. The average Bonchev–Trinajstić information content (AvgIpc) is 2.39. The highest BCUT2D eigenvalue weighted by molar-refractivity contribution is 6.16. The molecule has 1 aliphatic heterocycles. The highest BCUT2D eigenvalue weighted by atomic mass is 16.3. The third-order valence-corrected chi connectivity index (χ3v) is 2.06. The Kier molecular flexibility index (Phi) is 1.74. The number of rotatable bonds is 1. The van der Waals surface area contributed by atoms with Crippen LogP contribution in [0.1, 0.15) is 6.92 Å². The highest BCUT2D eigenvalue weighted by Crippen LogP contribution is 2.05. The summed E-state index contributed by atoms with van der Waals surface area (Å²) in [6.45, 7) is 1.57. The maximum Gasteiger partial charge on any atom is 0.276 e. The molecule has 0 saturated heterocycles. The second-order valence-corrected chi connectivity index (χ2v) is 3.02. The molecule has 1 atom stereocenters. The van der Waals surface area contributed by atoms with Crippen LogP contribution in [0, 0.1) is 0 Å². The van der Waals surface area contributed by atoms with E-state index in [1.807, 2.05) is 12.1 Å². The van der Waals surface area contributed by atoms with Crippen LogP contribution in [-0.4, -0.2) is 17.1 Å². The van der Waals surface area contributed by atoms with Gasteiger partial charge in [0.1, 0.15) is 0 Å². The summed E-state index contributed by atoms with van der Waals surface area (Å²) in [4.78, 5) is 15.1. The number of carbonyl (C=O) groups excluding carboxylic acids is 1. The Bertz CT molecular complexity index is 474. The third kappa shape index (κ3) is 1.17. The van der Waals surface area contributed by atoms with Crippen LogP contribution in [0.2, 0.25) is 0 Å². The van der Waals surface area contributed by atoms with Crippen LogP contribution in [0.4, 0.5) is 0 Å². The van der Waals surface area contributed by atoms with Crippen molar-refractivity contribution in [1.29, 1.82) is 0 Å². The molecule has 13 heavy (non-hydrogen) atoms. The first-order chi connectivity index (χ1) is 6.20. The first-order valence-electron chi connectivity index (χ1n) is 4.10. The van der Waals surface area contributed by atoms with E-state index in [0.29, 0.717) is 10.9 Å². The molecular weight excluding hydrogens is 166 g/mol. The lowest BCUT2D eigenvalue weighted by Gasteiger charge is -2.01. The van der Waals surface area contributed by atoms with Crippen LogP contribution in [-0.2, 0) is 4.79 Å². The van der Waals surface area contributed by atoms with Crippen molar-refractivity contribution in [2.45, 2.75) is 13.0 Å². The molecule has 0 fully saturated rings. The van der Waals surface area contributed by atoms with Gasteiger partial charge in [-0.1, -0.05) is 18.2 Å². The van der Waals surface area contributed by atoms with Crippen molar-refractivity contribution < 1.29 is 9.90 Å². The molecule has 1 aromatic rings. The summed E-state index contributed by atoms with van der Waals surface area (Å²) in [6.07, 6.45) is -0.750. The van der Waals surface area contributed by atoms with Crippen molar-refractivity contribution in [1.82, 2.24) is 0 Å². The molecule has 0 bridgehead atoms. The summed E-state index contributed by atoms with van der Waals surface area (Å²) in [5.74, 6) is -0.323. The van der Waals surface area contributed by atoms with Gasteiger partial charge in [-0.05, 0) is 13.0 Å². The van der Waals surface area contributed by atoms with Gasteiger partial charge in [-0.15, -0.1) is 0 Å². The van der Waals surface area contributed by atoms with Gasteiger partial charge in [0.2, 0.25) is 0 Å². The molecular formula is C10H9NO2. The minimum Gasteiger partial charge on any atom is -0.388 e. The number of carbonyl (C=O) groups is 1. The number of aliphatic hydroxyl groups is 1. The molecule has 1 heterocycles. The number of fused-ring (bicyclic) bond motifs is 1. The second kappa shape index (κ2) is 2.78. The molecule has 3 nitrogen and oxygen atoms in total. The second-order valence-electron chi connectivity index (χ2n) is 3.02. The van der Waals surface area contributed by atoms with E-state index in [-0.39, 0.29) is 5.91 Å². The summed E-state index contributed by atoms with van der Waals surface area (Å²) < 4.78 is 0. The first-order valence-corrected chi connectivity index (χ1v) is 4.10. The molecule has 0 aromatic heterocycles. The largest absolute Gasteiger partial charge is 0.388 e. The van der Waals surface area contributed by atoms with Crippen molar-refractivity contribution in [3.63, 3.8) is 0 Å². The molecule has 0 radical (unpaired) electrons. The van der Waals surface area contributed by atoms with Gasteiger partial charge in [0.15, 0.2) is 0 Å². The van der Waals surface area contributed by atoms with Crippen molar-refractivity contribution in [2.75, 3.05) is 0 Å². The van der Waals surface area contributed by atoms with E-state index in [0.717, 1.165) is 5.22 Å². The molecule has 1 unspecified atom stereocenters. The van der Waals surface area contributed by atoms with Gasteiger partial charge in [0, 0.05) is 5.22 Å². The highest BCUT2D eigenvalue weighted by Gasteiger charge is 2.19. The molecule has 0 spiro atoms. The van der Waals surface area contributed by atoms with Gasteiger partial charge in [-0.25, -0.2) is 4.99 Å². The molecule has 1 aromatic carbocycles. The van der Waals surface area contributed by atoms with Crippen LogP contribution >= 0.6 is 0 Å². The monoisotopic (exact) mass is 175 g/mol. The van der Waals surface area contributed by atoms with Gasteiger partial charge in [-0.2, -0.15) is 0 Å². The summed E-state index contributed by atoms with van der Waals surface area (Å²) in [7, 11) is 0. The van der Waals surface area contributed by atoms with Gasteiger partial charge >= 0.3 is 0 Å². The van der Waals surface area contributed by atoms with Gasteiger partial charge < -0.3 is 5.11 Å². The predicted octanol–water partition coefficient (Wildman–Crippen LogP) is -0.622. The third-order valence-electron chi connectivity index (χ3n) is 2.06. The van der Waals surface area contributed by atoms with Crippen molar-refractivity contribution in [3.05, 3.63) is 34.8 Å². The molecule has 2 rings (SSSR count). The van der Waals surface area contributed by atoms with Crippen molar-refractivity contribution >= 4 is 11.5 Å². The van der Waals surface area contributed by atoms with E-state index in [4.69, 9.17) is 0 Å².